The van der Waals surface area contributed by atoms with Gasteiger partial charge in [0.05, 0.1) is 0 Å². The number of nitrogens with zero attached hydrogens (tertiary/aromatic N) is 3. The molecule has 90 valence electrons. The van der Waals surface area contributed by atoms with Gasteiger partial charge in [-0.05, 0) is 19.8 Å². The number of hydrogen-bond donors (Lipinski definition) is 1. The Labute approximate surface area is 96.7 Å². The molecule has 1 heterocycles. The fourth-order valence-electron chi connectivity index (χ4n) is 2.72. The van der Waals surface area contributed by atoms with E-state index in [1.807, 2.05) is 4.68 Å². The smallest absolute Gasteiger partial charge is 0.138 e. The van der Waals surface area contributed by atoms with Crippen LogP contribution in [0.25, 0.3) is 0 Å². The van der Waals surface area contributed by atoms with Gasteiger partial charge in [0.15, 0.2) is 0 Å². The molecule has 0 unspecified atom stereocenters. The van der Waals surface area contributed by atoms with Gasteiger partial charge in [0.25, 0.3) is 0 Å². The van der Waals surface area contributed by atoms with Crippen LogP contribution in [-0.4, -0.2) is 26.5 Å². The third-order valence-electron chi connectivity index (χ3n) is 3.78. The predicted octanol–water partition coefficient (Wildman–Crippen LogP) is 1.78. The molecule has 0 amide bonds. The Bertz CT molecular complexity index is 329. The molecule has 1 saturated carbocycles. The molecule has 0 aromatic carbocycles. The Hall–Kier alpha value is -0.900. The van der Waals surface area contributed by atoms with Crippen molar-refractivity contribution in [2.45, 2.75) is 52.0 Å². The van der Waals surface area contributed by atoms with Crippen LogP contribution in [0.1, 0.15) is 44.9 Å². The van der Waals surface area contributed by atoms with E-state index in [9.17, 15) is 5.11 Å². The molecule has 1 aromatic rings. The van der Waals surface area contributed by atoms with Crippen molar-refractivity contribution in [2.75, 3.05) is 6.61 Å². The normalized spacial score (nSPS) is 19.9. The average Bonchev–Trinajstić information content (AvgIpc) is 2.77. The SMILES string of the molecule is CCn1ncnc1CC1(CO)CCCCC1. The first-order valence-corrected chi connectivity index (χ1v) is 6.27. The molecule has 1 aliphatic carbocycles. The topological polar surface area (TPSA) is 50.9 Å². The van der Waals surface area contributed by atoms with E-state index in [0.717, 1.165) is 31.6 Å². The van der Waals surface area contributed by atoms with Crippen molar-refractivity contribution in [1.82, 2.24) is 14.8 Å². The summed E-state index contributed by atoms with van der Waals surface area (Å²) in [5, 5.41) is 13.8. The highest BCUT2D eigenvalue weighted by Crippen LogP contribution is 2.38. The number of aliphatic hydroxyl groups is 1. The molecular formula is C12H21N3O. The van der Waals surface area contributed by atoms with E-state index in [0.29, 0.717) is 0 Å². The summed E-state index contributed by atoms with van der Waals surface area (Å²) in [7, 11) is 0. The fraction of sp³-hybridized carbons (Fsp3) is 0.833. The predicted molar refractivity (Wildman–Crippen MR) is 62.0 cm³/mol. The summed E-state index contributed by atoms with van der Waals surface area (Å²) in [6.07, 6.45) is 8.52. The minimum absolute atomic E-state index is 0.0677. The molecule has 0 atom stereocenters. The Morgan fingerprint density at radius 3 is 2.75 bits per heavy atom. The van der Waals surface area contributed by atoms with E-state index >= 15 is 0 Å². The Kier molecular flexibility index (Phi) is 3.59. The second-order valence-electron chi connectivity index (χ2n) is 4.89. The van der Waals surface area contributed by atoms with Gasteiger partial charge in [-0.15, -0.1) is 0 Å². The summed E-state index contributed by atoms with van der Waals surface area (Å²) >= 11 is 0. The molecule has 0 bridgehead atoms. The monoisotopic (exact) mass is 223 g/mol. The quantitative estimate of drug-likeness (QED) is 0.846. The lowest BCUT2D eigenvalue weighted by atomic mass is 9.72. The molecule has 1 aliphatic rings. The number of aryl methyl sites for hydroxylation is 1. The van der Waals surface area contributed by atoms with Gasteiger partial charge >= 0.3 is 0 Å². The van der Waals surface area contributed by atoms with Gasteiger partial charge in [-0.3, -0.25) is 4.68 Å². The van der Waals surface area contributed by atoms with Crippen molar-refractivity contribution < 1.29 is 5.11 Å². The Balaban J connectivity index is 2.11. The highest BCUT2D eigenvalue weighted by molar-refractivity contribution is 4.95. The average molecular weight is 223 g/mol. The van der Waals surface area contributed by atoms with Crippen LogP contribution in [0.3, 0.4) is 0 Å². The lowest BCUT2D eigenvalue weighted by molar-refractivity contribution is 0.0792. The summed E-state index contributed by atoms with van der Waals surface area (Å²) in [6.45, 7) is 3.21. The van der Waals surface area contributed by atoms with Crippen LogP contribution in [0, 0.1) is 5.41 Å². The van der Waals surface area contributed by atoms with Gasteiger partial charge in [-0.1, -0.05) is 19.3 Å². The van der Waals surface area contributed by atoms with E-state index in [1.165, 1.54) is 19.3 Å². The van der Waals surface area contributed by atoms with Crippen LogP contribution in [0.15, 0.2) is 6.33 Å². The summed E-state index contributed by atoms with van der Waals surface area (Å²) in [5.74, 6) is 1.03. The van der Waals surface area contributed by atoms with E-state index in [-0.39, 0.29) is 12.0 Å². The van der Waals surface area contributed by atoms with E-state index in [1.54, 1.807) is 6.33 Å². The maximum Gasteiger partial charge on any atom is 0.138 e. The minimum Gasteiger partial charge on any atom is -0.396 e. The first-order valence-electron chi connectivity index (χ1n) is 6.27. The second kappa shape index (κ2) is 4.95. The largest absolute Gasteiger partial charge is 0.396 e. The number of hydrogen-bond acceptors (Lipinski definition) is 3. The highest BCUT2D eigenvalue weighted by atomic mass is 16.3. The van der Waals surface area contributed by atoms with E-state index in [4.69, 9.17) is 0 Å². The van der Waals surface area contributed by atoms with Gasteiger partial charge in [0.1, 0.15) is 12.2 Å². The van der Waals surface area contributed by atoms with E-state index in [2.05, 4.69) is 17.0 Å². The molecule has 0 saturated heterocycles. The van der Waals surface area contributed by atoms with Gasteiger partial charge < -0.3 is 5.11 Å². The van der Waals surface area contributed by atoms with Crippen LogP contribution in [0.2, 0.25) is 0 Å². The third-order valence-corrected chi connectivity index (χ3v) is 3.78. The van der Waals surface area contributed by atoms with Crippen molar-refractivity contribution in [3.63, 3.8) is 0 Å². The van der Waals surface area contributed by atoms with Crippen LogP contribution >= 0.6 is 0 Å². The Morgan fingerprint density at radius 1 is 1.38 bits per heavy atom. The lowest BCUT2D eigenvalue weighted by Gasteiger charge is -2.35. The fourth-order valence-corrected chi connectivity index (χ4v) is 2.72. The molecule has 4 heteroatoms. The Morgan fingerprint density at radius 2 is 2.12 bits per heavy atom. The van der Waals surface area contributed by atoms with Crippen molar-refractivity contribution in [3.8, 4) is 0 Å². The van der Waals surface area contributed by atoms with Crippen molar-refractivity contribution in [3.05, 3.63) is 12.2 Å². The molecule has 0 radical (unpaired) electrons. The maximum atomic E-state index is 9.65. The zero-order valence-electron chi connectivity index (χ0n) is 10.0. The molecule has 4 nitrogen and oxygen atoms in total. The van der Waals surface area contributed by atoms with E-state index < -0.39 is 0 Å². The zero-order valence-corrected chi connectivity index (χ0v) is 10.0. The van der Waals surface area contributed by atoms with Crippen LogP contribution in [0.5, 0.6) is 0 Å². The minimum atomic E-state index is 0.0677. The van der Waals surface area contributed by atoms with Crippen LogP contribution in [-0.2, 0) is 13.0 Å². The number of rotatable bonds is 4. The number of aromatic nitrogens is 3. The summed E-state index contributed by atoms with van der Waals surface area (Å²) in [5.41, 5.74) is 0.0677. The van der Waals surface area contributed by atoms with Gasteiger partial charge in [0.2, 0.25) is 0 Å². The molecule has 1 fully saturated rings. The van der Waals surface area contributed by atoms with Crippen LogP contribution < -0.4 is 0 Å². The molecule has 0 aliphatic heterocycles. The highest BCUT2D eigenvalue weighted by Gasteiger charge is 2.33. The van der Waals surface area contributed by atoms with Gasteiger partial charge in [0, 0.05) is 25.0 Å². The number of aliphatic hydroxyl groups excluding tert-OH is 1. The second-order valence-corrected chi connectivity index (χ2v) is 4.89. The standard InChI is InChI=1S/C12H21N3O/c1-2-15-11(13-10-14-15)8-12(9-16)6-4-3-5-7-12/h10,16H,2-9H2,1H3. The van der Waals surface area contributed by atoms with Gasteiger partial charge in [-0.2, -0.15) is 5.10 Å². The zero-order chi connectivity index (χ0) is 11.4. The van der Waals surface area contributed by atoms with Crippen LogP contribution in [0.4, 0.5) is 0 Å². The molecule has 0 spiro atoms. The van der Waals surface area contributed by atoms with Crippen molar-refractivity contribution >= 4 is 0 Å². The first kappa shape index (κ1) is 11.6. The summed E-state index contributed by atoms with van der Waals surface area (Å²) in [6, 6.07) is 0. The summed E-state index contributed by atoms with van der Waals surface area (Å²) in [4.78, 5) is 4.31. The molecule has 2 rings (SSSR count). The summed E-state index contributed by atoms with van der Waals surface area (Å²) < 4.78 is 1.94. The molecule has 16 heavy (non-hydrogen) atoms. The molecular weight excluding hydrogens is 202 g/mol. The van der Waals surface area contributed by atoms with Crippen molar-refractivity contribution in [1.29, 1.82) is 0 Å². The first-order chi connectivity index (χ1) is 7.79. The maximum absolute atomic E-state index is 9.65. The van der Waals surface area contributed by atoms with Gasteiger partial charge in [-0.25, -0.2) is 4.98 Å². The third kappa shape index (κ3) is 2.26. The molecule has 1 aromatic heterocycles. The van der Waals surface area contributed by atoms with Crippen molar-refractivity contribution in [2.24, 2.45) is 5.41 Å². The molecule has 1 N–H and O–H groups in total. The lowest BCUT2D eigenvalue weighted by Crippen LogP contribution is -2.32.